The normalized spacial score (nSPS) is 24.8. The van der Waals surface area contributed by atoms with Crippen LogP contribution in [0, 0.1) is 0 Å². The number of rotatable bonds is 6. The zero-order chi connectivity index (χ0) is 16.1. The highest BCUT2D eigenvalue weighted by atomic mass is 16.2. The third-order valence-corrected chi connectivity index (χ3v) is 4.85. The summed E-state index contributed by atoms with van der Waals surface area (Å²) in [6, 6.07) is -0.614. The van der Waals surface area contributed by atoms with Crippen LogP contribution in [-0.4, -0.2) is 52.6 Å². The number of ketones is 1. The summed E-state index contributed by atoms with van der Waals surface area (Å²) in [5.74, 6) is 0.239. The van der Waals surface area contributed by atoms with Gasteiger partial charge in [0.25, 0.3) is 0 Å². The number of Topliss-reactive ketones (excluding diaryl/α,β-unsaturated/α-hetero) is 1. The molecule has 0 aromatic heterocycles. The van der Waals surface area contributed by atoms with Crippen molar-refractivity contribution in [1.82, 2.24) is 9.80 Å². The lowest BCUT2D eigenvalue weighted by Gasteiger charge is -2.30. The standard InChI is InChI=1S/C17H28N2O3/c1-3-5-10-16(21)19-12-7-9-14(19)17(22)13-8-6-11-18(13)15(20)4-2/h13-14H,3-12H2,1-2H3/t13-,14?/m0/s1. The summed E-state index contributed by atoms with van der Waals surface area (Å²) in [5, 5.41) is 0. The minimum Gasteiger partial charge on any atom is -0.333 e. The first-order valence-electron chi connectivity index (χ1n) is 8.72. The van der Waals surface area contributed by atoms with Gasteiger partial charge in [0.05, 0.1) is 12.1 Å². The SMILES string of the molecule is CCCCC(=O)N1CCCC1C(=O)[C@@H]1CCCN1C(=O)CC. The molecule has 2 atom stereocenters. The molecule has 5 heteroatoms. The smallest absolute Gasteiger partial charge is 0.223 e. The van der Waals surface area contributed by atoms with Crippen LogP contribution in [0.4, 0.5) is 0 Å². The number of hydrogen-bond donors (Lipinski definition) is 0. The fourth-order valence-electron chi connectivity index (χ4n) is 3.62. The van der Waals surface area contributed by atoms with E-state index in [0.717, 1.165) is 38.5 Å². The Balaban J connectivity index is 2.04. The van der Waals surface area contributed by atoms with Crippen molar-refractivity contribution in [2.75, 3.05) is 13.1 Å². The quantitative estimate of drug-likeness (QED) is 0.755. The fourth-order valence-corrected chi connectivity index (χ4v) is 3.62. The predicted octanol–water partition coefficient (Wildman–Crippen LogP) is 2.14. The molecule has 2 amide bonds. The minimum absolute atomic E-state index is 0.0534. The van der Waals surface area contributed by atoms with Crippen LogP contribution in [0.3, 0.4) is 0 Å². The zero-order valence-electron chi connectivity index (χ0n) is 13.8. The molecule has 124 valence electrons. The third kappa shape index (κ3) is 3.50. The third-order valence-electron chi connectivity index (χ3n) is 4.85. The number of nitrogens with zero attached hydrogens (tertiary/aromatic N) is 2. The fraction of sp³-hybridized carbons (Fsp3) is 0.824. The van der Waals surface area contributed by atoms with E-state index in [1.165, 1.54) is 0 Å². The second-order valence-corrected chi connectivity index (χ2v) is 6.35. The van der Waals surface area contributed by atoms with E-state index >= 15 is 0 Å². The van der Waals surface area contributed by atoms with Crippen LogP contribution in [0.2, 0.25) is 0 Å². The molecule has 0 aromatic rings. The van der Waals surface area contributed by atoms with Gasteiger partial charge in [0.2, 0.25) is 11.8 Å². The second-order valence-electron chi connectivity index (χ2n) is 6.35. The van der Waals surface area contributed by atoms with E-state index in [9.17, 15) is 14.4 Å². The van der Waals surface area contributed by atoms with Crippen molar-refractivity contribution in [2.24, 2.45) is 0 Å². The van der Waals surface area contributed by atoms with Crippen molar-refractivity contribution in [1.29, 1.82) is 0 Å². The number of carbonyl (C=O) groups excluding carboxylic acids is 3. The number of likely N-dealkylation sites (tertiary alicyclic amines) is 2. The van der Waals surface area contributed by atoms with E-state index in [4.69, 9.17) is 0 Å². The van der Waals surface area contributed by atoms with Crippen LogP contribution in [0.25, 0.3) is 0 Å². The molecule has 0 N–H and O–H groups in total. The molecule has 0 bridgehead atoms. The lowest BCUT2D eigenvalue weighted by molar-refractivity contribution is -0.142. The Hall–Kier alpha value is -1.39. The summed E-state index contributed by atoms with van der Waals surface area (Å²) in [4.78, 5) is 40.7. The van der Waals surface area contributed by atoms with E-state index in [2.05, 4.69) is 6.92 Å². The van der Waals surface area contributed by atoms with E-state index in [1.807, 2.05) is 6.92 Å². The summed E-state index contributed by atoms with van der Waals surface area (Å²) in [7, 11) is 0. The maximum Gasteiger partial charge on any atom is 0.223 e. The molecular weight excluding hydrogens is 280 g/mol. The molecule has 2 aliphatic heterocycles. The highest BCUT2D eigenvalue weighted by molar-refractivity contribution is 5.95. The van der Waals surface area contributed by atoms with Crippen molar-refractivity contribution < 1.29 is 14.4 Å². The number of unbranched alkanes of at least 4 members (excludes halogenated alkanes) is 1. The van der Waals surface area contributed by atoms with Gasteiger partial charge in [0.1, 0.15) is 0 Å². The van der Waals surface area contributed by atoms with Crippen LogP contribution in [0.5, 0.6) is 0 Å². The molecule has 0 aromatic carbocycles. The average Bonchev–Trinajstić information content (AvgIpc) is 3.19. The van der Waals surface area contributed by atoms with Gasteiger partial charge in [-0.25, -0.2) is 0 Å². The molecule has 0 saturated carbocycles. The summed E-state index contributed by atoms with van der Waals surface area (Å²) in [6.07, 6.45) is 6.11. The van der Waals surface area contributed by atoms with Crippen LogP contribution >= 0.6 is 0 Å². The molecule has 5 nitrogen and oxygen atoms in total. The van der Waals surface area contributed by atoms with Gasteiger partial charge in [-0.3, -0.25) is 14.4 Å². The Bertz CT molecular complexity index is 436. The number of amides is 2. The molecule has 0 radical (unpaired) electrons. The first-order valence-corrected chi connectivity index (χ1v) is 8.72. The average molecular weight is 308 g/mol. The van der Waals surface area contributed by atoms with Crippen LogP contribution in [0.15, 0.2) is 0 Å². The number of hydrogen-bond acceptors (Lipinski definition) is 3. The molecule has 1 unspecified atom stereocenters. The molecule has 2 saturated heterocycles. The number of carbonyl (C=O) groups is 3. The topological polar surface area (TPSA) is 57.7 Å². The first kappa shape index (κ1) is 17.0. The van der Waals surface area contributed by atoms with Crippen molar-refractivity contribution in [3.8, 4) is 0 Å². The van der Waals surface area contributed by atoms with Gasteiger partial charge in [-0.1, -0.05) is 20.3 Å². The van der Waals surface area contributed by atoms with Gasteiger partial charge < -0.3 is 9.80 Å². The molecule has 0 aliphatic carbocycles. The maximum atomic E-state index is 12.9. The lowest BCUT2D eigenvalue weighted by atomic mass is 10.0. The lowest BCUT2D eigenvalue weighted by Crippen LogP contribution is -2.49. The maximum absolute atomic E-state index is 12.9. The summed E-state index contributed by atoms with van der Waals surface area (Å²) in [5.41, 5.74) is 0. The Labute approximate surface area is 133 Å². The minimum atomic E-state index is -0.308. The Morgan fingerprint density at radius 1 is 0.909 bits per heavy atom. The Morgan fingerprint density at radius 2 is 1.45 bits per heavy atom. The van der Waals surface area contributed by atoms with E-state index in [0.29, 0.717) is 25.9 Å². The summed E-state index contributed by atoms with van der Waals surface area (Å²) >= 11 is 0. The predicted molar refractivity (Wildman–Crippen MR) is 84.3 cm³/mol. The highest BCUT2D eigenvalue weighted by Crippen LogP contribution is 2.27. The van der Waals surface area contributed by atoms with Gasteiger partial charge >= 0.3 is 0 Å². The van der Waals surface area contributed by atoms with E-state index in [1.54, 1.807) is 9.80 Å². The highest BCUT2D eigenvalue weighted by Gasteiger charge is 2.41. The van der Waals surface area contributed by atoms with E-state index < -0.39 is 0 Å². The van der Waals surface area contributed by atoms with Crippen LogP contribution < -0.4 is 0 Å². The second kappa shape index (κ2) is 7.75. The van der Waals surface area contributed by atoms with Crippen LogP contribution in [-0.2, 0) is 14.4 Å². The molecule has 0 spiro atoms. The van der Waals surface area contributed by atoms with Crippen molar-refractivity contribution >= 4 is 17.6 Å². The molecular formula is C17H28N2O3. The van der Waals surface area contributed by atoms with Crippen molar-refractivity contribution in [2.45, 2.75) is 77.3 Å². The molecule has 22 heavy (non-hydrogen) atoms. The van der Waals surface area contributed by atoms with Gasteiger partial charge in [0.15, 0.2) is 5.78 Å². The Morgan fingerprint density at radius 3 is 1.95 bits per heavy atom. The molecule has 2 fully saturated rings. The first-order chi connectivity index (χ1) is 10.6. The van der Waals surface area contributed by atoms with Gasteiger partial charge in [-0.05, 0) is 32.1 Å². The van der Waals surface area contributed by atoms with E-state index in [-0.39, 0.29) is 29.7 Å². The molecule has 2 heterocycles. The van der Waals surface area contributed by atoms with Gasteiger partial charge in [-0.15, -0.1) is 0 Å². The van der Waals surface area contributed by atoms with Crippen LogP contribution in [0.1, 0.15) is 65.2 Å². The van der Waals surface area contributed by atoms with Gasteiger partial charge in [-0.2, -0.15) is 0 Å². The Kier molecular flexibility index (Phi) is 5.98. The van der Waals surface area contributed by atoms with Crippen molar-refractivity contribution in [3.05, 3.63) is 0 Å². The van der Waals surface area contributed by atoms with Gasteiger partial charge in [0, 0.05) is 25.9 Å². The van der Waals surface area contributed by atoms with Crippen molar-refractivity contribution in [3.63, 3.8) is 0 Å². The summed E-state index contributed by atoms with van der Waals surface area (Å²) in [6.45, 7) is 5.26. The largest absolute Gasteiger partial charge is 0.333 e. The monoisotopic (exact) mass is 308 g/mol. The molecule has 2 aliphatic rings. The molecule has 2 rings (SSSR count). The summed E-state index contributed by atoms with van der Waals surface area (Å²) < 4.78 is 0. The zero-order valence-corrected chi connectivity index (χ0v) is 13.8.